The van der Waals surface area contributed by atoms with Crippen molar-refractivity contribution >= 4 is 80.1 Å². The summed E-state index contributed by atoms with van der Waals surface area (Å²) in [4.78, 5) is 35.8. The molecule has 2 amide bonds. The smallest absolute Gasteiger partial charge is 0.323 e. The van der Waals surface area contributed by atoms with Crippen molar-refractivity contribution in [3.8, 4) is 5.75 Å². The average Bonchev–Trinajstić information content (AvgIpc) is 2.89. The van der Waals surface area contributed by atoms with E-state index >= 15 is 0 Å². The molecule has 0 spiro atoms. The first-order chi connectivity index (χ1) is 13.8. The van der Waals surface area contributed by atoms with E-state index in [1.54, 1.807) is 30.3 Å². The molecular weight excluding hydrogens is 627 g/mol. The normalized spacial score (nSPS) is 15.3. The van der Waals surface area contributed by atoms with Crippen molar-refractivity contribution < 1.29 is 28.6 Å². The zero-order valence-corrected chi connectivity index (χ0v) is 19.7. The lowest BCUT2D eigenvalue weighted by Gasteiger charge is -2.12. The largest absolute Gasteiger partial charge is 0.487 e. The first-order valence-corrected chi connectivity index (χ1v) is 11.1. The van der Waals surface area contributed by atoms with Crippen molar-refractivity contribution in [2.45, 2.75) is 6.61 Å². The van der Waals surface area contributed by atoms with Gasteiger partial charge >= 0.3 is 5.97 Å². The highest BCUT2D eigenvalue weighted by Crippen LogP contribution is 2.35. The Bertz CT molecular complexity index is 1020. The molecule has 1 saturated heterocycles. The van der Waals surface area contributed by atoms with E-state index in [1.807, 2.05) is 0 Å². The van der Waals surface area contributed by atoms with Crippen LogP contribution in [0.15, 0.2) is 41.3 Å². The molecule has 0 saturated carbocycles. The van der Waals surface area contributed by atoms with Crippen LogP contribution in [0.3, 0.4) is 0 Å². The molecule has 0 atom stereocenters. The summed E-state index contributed by atoms with van der Waals surface area (Å²) in [6.45, 7) is -0.591. The average molecular weight is 639 g/mol. The van der Waals surface area contributed by atoms with Gasteiger partial charge in [-0.3, -0.25) is 19.3 Å². The molecule has 0 bridgehead atoms. The Morgan fingerprint density at radius 3 is 2.48 bits per heavy atom. The standard InChI is InChI=1S/C19H12FI2NO5S/c20-12-4-2-1-3-11(12)9-28-17-13(21)5-10(6-14(17)22)7-15-18(26)23(8-16(24)25)19(27)29-15/h1-7H,8-9H2,(H,24,25)/b15-7+. The summed E-state index contributed by atoms with van der Waals surface area (Å²) in [7, 11) is 0. The Hall–Kier alpha value is -1.67. The van der Waals surface area contributed by atoms with Gasteiger partial charge in [0.15, 0.2) is 0 Å². The summed E-state index contributed by atoms with van der Waals surface area (Å²) >= 11 is 4.86. The number of carboxylic acids is 1. The highest BCUT2D eigenvalue weighted by molar-refractivity contribution is 14.1. The van der Waals surface area contributed by atoms with Crippen LogP contribution in [0.5, 0.6) is 5.75 Å². The molecule has 10 heteroatoms. The number of halogens is 3. The van der Waals surface area contributed by atoms with Gasteiger partial charge in [-0.25, -0.2) is 4.39 Å². The number of thioether (sulfide) groups is 1. The molecule has 29 heavy (non-hydrogen) atoms. The van der Waals surface area contributed by atoms with Gasteiger partial charge in [-0.1, -0.05) is 18.2 Å². The van der Waals surface area contributed by atoms with E-state index in [1.165, 1.54) is 12.1 Å². The monoisotopic (exact) mass is 639 g/mol. The first-order valence-electron chi connectivity index (χ1n) is 8.08. The fourth-order valence-electron chi connectivity index (χ4n) is 2.49. The topological polar surface area (TPSA) is 83.9 Å². The number of hydrogen-bond acceptors (Lipinski definition) is 5. The maximum absolute atomic E-state index is 13.8. The van der Waals surface area contributed by atoms with Gasteiger partial charge in [-0.05, 0) is 86.8 Å². The van der Waals surface area contributed by atoms with Crippen molar-refractivity contribution in [1.82, 2.24) is 4.90 Å². The second kappa shape index (κ2) is 9.43. The number of imide groups is 1. The molecule has 1 N–H and O–H groups in total. The molecule has 0 unspecified atom stereocenters. The number of carboxylic acid groups (broad SMARTS) is 1. The van der Waals surface area contributed by atoms with Gasteiger partial charge in [0, 0.05) is 5.56 Å². The van der Waals surface area contributed by atoms with E-state index in [-0.39, 0.29) is 17.3 Å². The number of nitrogens with zero attached hydrogens (tertiary/aromatic N) is 1. The zero-order chi connectivity index (χ0) is 21.1. The van der Waals surface area contributed by atoms with E-state index in [0.717, 1.165) is 7.14 Å². The Balaban J connectivity index is 1.80. The number of carbonyl (C=O) groups is 3. The van der Waals surface area contributed by atoms with Crippen LogP contribution in [0.1, 0.15) is 11.1 Å². The number of hydrogen-bond donors (Lipinski definition) is 1. The second-order valence-corrected chi connectivity index (χ2v) is 9.17. The molecule has 2 aromatic carbocycles. The fraction of sp³-hybridized carbons (Fsp3) is 0.105. The highest BCUT2D eigenvalue weighted by Gasteiger charge is 2.36. The number of ether oxygens (including phenoxy) is 1. The van der Waals surface area contributed by atoms with Crippen LogP contribution in [-0.4, -0.2) is 33.7 Å². The van der Waals surface area contributed by atoms with Gasteiger partial charge in [-0.2, -0.15) is 0 Å². The first kappa shape index (κ1) is 22.0. The Morgan fingerprint density at radius 2 is 1.86 bits per heavy atom. The maximum Gasteiger partial charge on any atom is 0.323 e. The Kier molecular flexibility index (Phi) is 7.16. The number of amides is 2. The van der Waals surface area contributed by atoms with Crippen LogP contribution in [0.25, 0.3) is 6.08 Å². The lowest BCUT2D eigenvalue weighted by atomic mass is 10.2. The molecule has 1 heterocycles. The molecule has 1 aliphatic rings. The zero-order valence-electron chi connectivity index (χ0n) is 14.5. The van der Waals surface area contributed by atoms with Crippen LogP contribution in [0.4, 0.5) is 9.18 Å². The summed E-state index contributed by atoms with van der Waals surface area (Å²) in [6.07, 6.45) is 1.54. The van der Waals surface area contributed by atoms with E-state index < -0.39 is 23.7 Å². The molecular formula is C19H12FI2NO5S. The van der Waals surface area contributed by atoms with Crippen molar-refractivity contribution in [3.63, 3.8) is 0 Å². The van der Waals surface area contributed by atoms with Crippen LogP contribution < -0.4 is 4.74 Å². The van der Waals surface area contributed by atoms with Gasteiger partial charge < -0.3 is 9.84 Å². The van der Waals surface area contributed by atoms with Crippen molar-refractivity contribution in [2.75, 3.05) is 6.54 Å². The number of aliphatic carboxylic acids is 1. The third kappa shape index (κ3) is 5.28. The summed E-state index contributed by atoms with van der Waals surface area (Å²) < 4.78 is 21.1. The quantitative estimate of drug-likeness (QED) is 0.364. The Labute approximate surface area is 196 Å². The van der Waals surface area contributed by atoms with E-state index in [2.05, 4.69) is 45.2 Å². The van der Waals surface area contributed by atoms with Crippen LogP contribution in [0, 0.1) is 13.0 Å². The maximum atomic E-state index is 13.8. The number of rotatable bonds is 6. The van der Waals surface area contributed by atoms with Gasteiger partial charge in [0.1, 0.15) is 24.7 Å². The summed E-state index contributed by atoms with van der Waals surface area (Å²) in [5.74, 6) is -1.64. The molecule has 0 radical (unpaired) electrons. The predicted molar refractivity (Wildman–Crippen MR) is 123 cm³/mol. The van der Waals surface area contributed by atoms with Crippen LogP contribution in [-0.2, 0) is 16.2 Å². The minimum atomic E-state index is -1.26. The van der Waals surface area contributed by atoms with Crippen LogP contribution in [0.2, 0.25) is 0 Å². The molecule has 1 aliphatic heterocycles. The van der Waals surface area contributed by atoms with E-state index in [9.17, 15) is 18.8 Å². The third-order valence-electron chi connectivity index (χ3n) is 3.82. The van der Waals surface area contributed by atoms with Crippen molar-refractivity contribution in [1.29, 1.82) is 0 Å². The SMILES string of the molecule is O=C(O)CN1C(=O)S/C(=C/c2cc(I)c(OCc3ccccc3F)c(I)c2)C1=O. The molecule has 1 fully saturated rings. The molecule has 6 nitrogen and oxygen atoms in total. The number of carbonyl (C=O) groups excluding carboxylic acids is 2. The second-order valence-electron chi connectivity index (χ2n) is 5.86. The highest BCUT2D eigenvalue weighted by atomic mass is 127. The molecule has 2 aromatic rings. The van der Waals surface area contributed by atoms with Crippen molar-refractivity contribution in [3.05, 3.63) is 65.4 Å². The molecule has 150 valence electrons. The predicted octanol–water partition coefficient (Wildman–Crippen LogP) is 4.73. The van der Waals surface area contributed by atoms with E-state index in [4.69, 9.17) is 9.84 Å². The van der Waals surface area contributed by atoms with Gasteiger partial charge in [0.05, 0.1) is 12.0 Å². The summed E-state index contributed by atoms with van der Waals surface area (Å²) in [6, 6.07) is 9.90. The molecule has 0 aromatic heterocycles. The molecule has 3 rings (SSSR count). The number of benzene rings is 2. The van der Waals surface area contributed by atoms with Gasteiger partial charge in [-0.15, -0.1) is 0 Å². The lowest BCUT2D eigenvalue weighted by Crippen LogP contribution is -2.33. The minimum Gasteiger partial charge on any atom is -0.487 e. The van der Waals surface area contributed by atoms with Crippen molar-refractivity contribution in [2.24, 2.45) is 0 Å². The minimum absolute atomic E-state index is 0.0755. The third-order valence-corrected chi connectivity index (χ3v) is 6.33. The van der Waals surface area contributed by atoms with E-state index in [0.29, 0.717) is 33.5 Å². The fourth-order valence-corrected chi connectivity index (χ4v) is 5.46. The van der Waals surface area contributed by atoms with Crippen LogP contribution >= 0.6 is 56.9 Å². The van der Waals surface area contributed by atoms with Gasteiger partial charge in [0.25, 0.3) is 11.1 Å². The summed E-state index contributed by atoms with van der Waals surface area (Å²) in [5.41, 5.74) is 1.10. The summed E-state index contributed by atoms with van der Waals surface area (Å²) in [5, 5.41) is 8.21. The Morgan fingerprint density at radius 1 is 1.21 bits per heavy atom. The molecule has 0 aliphatic carbocycles. The van der Waals surface area contributed by atoms with Gasteiger partial charge in [0.2, 0.25) is 0 Å². The lowest BCUT2D eigenvalue weighted by molar-refractivity contribution is -0.140.